The third-order valence-corrected chi connectivity index (χ3v) is 3.91. The Morgan fingerprint density at radius 3 is 2.55 bits per heavy atom. The van der Waals surface area contributed by atoms with Crippen LogP contribution in [0.1, 0.15) is 21.6 Å². The van der Waals surface area contributed by atoms with Crippen LogP contribution in [-0.4, -0.2) is 16.0 Å². The van der Waals surface area contributed by atoms with E-state index in [-0.39, 0.29) is 5.91 Å². The van der Waals surface area contributed by atoms with Gasteiger partial charge in [-0.25, -0.2) is 4.98 Å². The lowest BCUT2D eigenvalue weighted by molar-refractivity contribution is 0.0783. The van der Waals surface area contributed by atoms with Crippen molar-refractivity contribution in [2.45, 2.75) is 6.23 Å². The molecule has 0 bridgehead atoms. The lowest BCUT2D eigenvalue weighted by atomic mass is 10.2. The van der Waals surface area contributed by atoms with Crippen molar-refractivity contribution in [3.05, 3.63) is 65.2 Å². The SMILES string of the molecule is O=C(NC(O)c1ccccc1)c1nc2ccccc2s1. The molecule has 3 aromatic rings. The van der Waals surface area contributed by atoms with Gasteiger partial charge in [-0.05, 0) is 12.1 Å². The summed E-state index contributed by atoms with van der Waals surface area (Å²) < 4.78 is 0.951. The van der Waals surface area contributed by atoms with E-state index in [0.717, 1.165) is 10.2 Å². The summed E-state index contributed by atoms with van der Waals surface area (Å²) >= 11 is 1.31. The van der Waals surface area contributed by atoms with Crippen LogP contribution < -0.4 is 5.32 Å². The number of rotatable bonds is 3. The molecule has 1 atom stereocenters. The Balaban J connectivity index is 1.79. The van der Waals surface area contributed by atoms with Gasteiger partial charge in [0.25, 0.3) is 5.91 Å². The van der Waals surface area contributed by atoms with Gasteiger partial charge in [-0.3, -0.25) is 4.79 Å². The van der Waals surface area contributed by atoms with Crippen molar-refractivity contribution in [3.63, 3.8) is 0 Å². The summed E-state index contributed by atoms with van der Waals surface area (Å²) in [4.78, 5) is 16.3. The van der Waals surface area contributed by atoms with Crippen LogP contribution in [0.15, 0.2) is 54.6 Å². The molecule has 1 aromatic heterocycles. The summed E-state index contributed by atoms with van der Waals surface area (Å²) in [7, 11) is 0. The number of nitrogens with one attached hydrogen (secondary N) is 1. The zero-order valence-electron chi connectivity index (χ0n) is 10.5. The maximum atomic E-state index is 12.1. The Morgan fingerprint density at radius 1 is 1.10 bits per heavy atom. The summed E-state index contributed by atoms with van der Waals surface area (Å²) in [6, 6.07) is 16.5. The average Bonchev–Trinajstić information content (AvgIpc) is 2.92. The van der Waals surface area contributed by atoms with Crippen molar-refractivity contribution in [1.82, 2.24) is 10.3 Å². The van der Waals surface area contributed by atoms with Crippen molar-refractivity contribution < 1.29 is 9.90 Å². The zero-order chi connectivity index (χ0) is 13.9. The quantitative estimate of drug-likeness (QED) is 0.727. The van der Waals surface area contributed by atoms with Crippen LogP contribution in [0.4, 0.5) is 0 Å². The van der Waals surface area contributed by atoms with Crippen LogP contribution in [0.3, 0.4) is 0 Å². The van der Waals surface area contributed by atoms with Gasteiger partial charge < -0.3 is 10.4 Å². The van der Waals surface area contributed by atoms with Crippen LogP contribution in [-0.2, 0) is 0 Å². The number of hydrogen-bond acceptors (Lipinski definition) is 4. The molecule has 0 aliphatic rings. The summed E-state index contributed by atoms with van der Waals surface area (Å²) in [6.45, 7) is 0. The number of aliphatic hydroxyl groups excluding tert-OH is 1. The standard InChI is InChI=1S/C15H12N2O2S/c18-13(10-6-2-1-3-7-10)17-14(19)15-16-11-8-4-5-9-12(11)20-15/h1-9,13,18H,(H,17,19). The van der Waals surface area contributed by atoms with Gasteiger partial charge >= 0.3 is 0 Å². The number of aromatic nitrogens is 1. The fourth-order valence-corrected chi connectivity index (χ4v) is 2.74. The maximum Gasteiger partial charge on any atom is 0.282 e. The normalized spacial score (nSPS) is 12.2. The highest BCUT2D eigenvalue weighted by Crippen LogP contribution is 2.22. The van der Waals surface area contributed by atoms with E-state index in [9.17, 15) is 9.90 Å². The molecule has 0 spiro atoms. The molecule has 2 aromatic carbocycles. The van der Waals surface area contributed by atoms with Gasteiger partial charge in [0.05, 0.1) is 10.2 Å². The summed E-state index contributed by atoms with van der Waals surface area (Å²) in [5, 5.41) is 12.9. The van der Waals surface area contributed by atoms with Gasteiger partial charge in [0.2, 0.25) is 0 Å². The summed E-state index contributed by atoms with van der Waals surface area (Å²) in [6.07, 6.45) is -1.03. The number of amides is 1. The molecule has 1 amide bonds. The van der Waals surface area contributed by atoms with Gasteiger partial charge in [-0.1, -0.05) is 42.5 Å². The first kappa shape index (κ1) is 12.8. The highest BCUT2D eigenvalue weighted by molar-refractivity contribution is 7.20. The van der Waals surface area contributed by atoms with E-state index in [1.807, 2.05) is 42.5 Å². The van der Waals surface area contributed by atoms with E-state index >= 15 is 0 Å². The third kappa shape index (κ3) is 2.54. The molecule has 0 saturated heterocycles. The largest absolute Gasteiger partial charge is 0.369 e. The van der Waals surface area contributed by atoms with Crippen LogP contribution in [0.2, 0.25) is 0 Å². The smallest absolute Gasteiger partial charge is 0.282 e. The van der Waals surface area contributed by atoms with E-state index in [1.165, 1.54) is 11.3 Å². The number of fused-ring (bicyclic) bond motifs is 1. The Hall–Kier alpha value is -2.24. The number of para-hydroxylation sites is 1. The minimum Gasteiger partial charge on any atom is -0.369 e. The summed E-state index contributed by atoms with van der Waals surface area (Å²) in [5.74, 6) is -0.373. The molecule has 1 unspecified atom stereocenters. The highest BCUT2D eigenvalue weighted by Gasteiger charge is 2.16. The molecular weight excluding hydrogens is 272 g/mol. The first-order chi connectivity index (χ1) is 9.74. The zero-order valence-corrected chi connectivity index (χ0v) is 11.3. The molecule has 0 aliphatic carbocycles. The molecule has 4 nitrogen and oxygen atoms in total. The number of benzene rings is 2. The first-order valence-electron chi connectivity index (χ1n) is 6.13. The van der Waals surface area contributed by atoms with Gasteiger partial charge in [-0.15, -0.1) is 11.3 Å². The topological polar surface area (TPSA) is 62.2 Å². The second kappa shape index (κ2) is 5.40. The van der Waals surface area contributed by atoms with Gasteiger partial charge in [0.1, 0.15) is 0 Å². The number of nitrogens with zero attached hydrogens (tertiary/aromatic N) is 1. The second-order valence-corrected chi connectivity index (χ2v) is 5.30. The van der Waals surface area contributed by atoms with E-state index < -0.39 is 6.23 Å². The average molecular weight is 284 g/mol. The Kier molecular flexibility index (Phi) is 3.45. The molecular formula is C15H12N2O2S. The number of hydrogen-bond donors (Lipinski definition) is 2. The predicted octanol–water partition coefficient (Wildman–Crippen LogP) is 2.72. The minimum absolute atomic E-state index is 0.348. The van der Waals surface area contributed by atoms with Crippen molar-refractivity contribution in [3.8, 4) is 0 Å². The molecule has 1 heterocycles. The predicted molar refractivity (Wildman–Crippen MR) is 78.5 cm³/mol. The van der Waals surface area contributed by atoms with E-state index in [0.29, 0.717) is 10.6 Å². The van der Waals surface area contributed by atoms with Crippen LogP contribution >= 0.6 is 11.3 Å². The third-order valence-electron chi connectivity index (χ3n) is 2.87. The number of carbonyl (C=O) groups excluding carboxylic acids is 1. The molecule has 2 N–H and O–H groups in total. The van der Waals surface area contributed by atoms with Crippen molar-refractivity contribution in [2.24, 2.45) is 0 Å². The van der Waals surface area contributed by atoms with Crippen LogP contribution in [0.5, 0.6) is 0 Å². The Bertz CT molecular complexity index is 707. The number of thiazole rings is 1. The van der Waals surface area contributed by atoms with E-state index in [2.05, 4.69) is 10.3 Å². The second-order valence-electron chi connectivity index (χ2n) is 4.27. The molecule has 5 heteroatoms. The number of carbonyl (C=O) groups is 1. The molecule has 20 heavy (non-hydrogen) atoms. The van der Waals surface area contributed by atoms with E-state index in [4.69, 9.17) is 0 Å². The molecule has 100 valence electrons. The Morgan fingerprint density at radius 2 is 1.80 bits per heavy atom. The maximum absolute atomic E-state index is 12.1. The molecule has 0 radical (unpaired) electrons. The molecule has 0 fully saturated rings. The van der Waals surface area contributed by atoms with Gasteiger partial charge in [0, 0.05) is 5.56 Å². The lowest BCUT2D eigenvalue weighted by Gasteiger charge is -2.11. The monoisotopic (exact) mass is 284 g/mol. The highest BCUT2D eigenvalue weighted by atomic mass is 32.1. The van der Waals surface area contributed by atoms with Crippen molar-refractivity contribution in [1.29, 1.82) is 0 Å². The van der Waals surface area contributed by atoms with Crippen LogP contribution in [0.25, 0.3) is 10.2 Å². The molecule has 3 rings (SSSR count). The molecule has 0 saturated carbocycles. The van der Waals surface area contributed by atoms with Gasteiger partial charge in [0.15, 0.2) is 11.2 Å². The summed E-state index contributed by atoms with van der Waals surface area (Å²) in [5.41, 5.74) is 1.43. The fourth-order valence-electron chi connectivity index (χ4n) is 1.87. The first-order valence-corrected chi connectivity index (χ1v) is 6.95. The van der Waals surface area contributed by atoms with Crippen LogP contribution in [0, 0.1) is 0 Å². The Labute approximate surface area is 119 Å². The van der Waals surface area contributed by atoms with E-state index in [1.54, 1.807) is 12.1 Å². The number of aliphatic hydroxyl groups is 1. The minimum atomic E-state index is -1.03. The lowest BCUT2D eigenvalue weighted by Crippen LogP contribution is -2.28. The van der Waals surface area contributed by atoms with Crippen molar-refractivity contribution in [2.75, 3.05) is 0 Å². The fraction of sp³-hybridized carbons (Fsp3) is 0.0667. The molecule has 0 aliphatic heterocycles. The van der Waals surface area contributed by atoms with Gasteiger partial charge in [-0.2, -0.15) is 0 Å². The van der Waals surface area contributed by atoms with Crippen molar-refractivity contribution >= 4 is 27.5 Å².